The molecule has 0 rings (SSSR count). The summed E-state index contributed by atoms with van der Waals surface area (Å²) in [7, 11) is 0.870. The lowest BCUT2D eigenvalue weighted by molar-refractivity contribution is -0.196. The number of hydrogen-bond donors (Lipinski definition) is 0. The Balaban J connectivity index is 4.58. The van der Waals surface area contributed by atoms with Gasteiger partial charge in [0.25, 0.3) is 0 Å². The van der Waals surface area contributed by atoms with Gasteiger partial charge < -0.3 is 9.47 Å². The van der Waals surface area contributed by atoms with Crippen molar-refractivity contribution in [3.05, 3.63) is 0 Å². The van der Waals surface area contributed by atoms with Gasteiger partial charge in [0.15, 0.2) is 6.10 Å². The second kappa shape index (κ2) is 7.55. The third-order valence-corrected chi connectivity index (χ3v) is 3.47. The molecule has 4 nitrogen and oxygen atoms in total. The Morgan fingerprint density at radius 2 is 1.75 bits per heavy atom. The molecule has 0 aliphatic rings. The van der Waals surface area contributed by atoms with Crippen LogP contribution in [0.15, 0.2) is 0 Å². The summed E-state index contributed by atoms with van der Waals surface area (Å²) in [5.74, 6) is -6.23. The number of carbonyl (C=O) groups excluding carboxylic acids is 2. The Morgan fingerprint density at radius 3 is 2.15 bits per heavy atom. The van der Waals surface area contributed by atoms with Gasteiger partial charge in [0, 0.05) is 6.42 Å². The van der Waals surface area contributed by atoms with Gasteiger partial charge in [-0.1, -0.05) is 34.1 Å². The van der Waals surface area contributed by atoms with Crippen LogP contribution in [0.25, 0.3) is 0 Å². The molecule has 0 amide bonds. The number of methoxy groups -OCH3 is 1. The maximum Gasteiger partial charge on any atom is 0.380 e. The van der Waals surface area contributed by atoms with E-state index in [4.69, 9.17) is 4.74 Å². The number of carbonyl (C=O) groups is 2. The second-order valence-electron chi connectivity index (χ2n) is 5.52. The molecule has 0 saturated carbocycles. The van der Waals surface area contributed by atoms with Crippen LogP contribution in [-0.2, 0) is 19.1 Å². The average Bonchev–Trinajstić information content (AvgIpc) is 2.41. The maximum absolute atomic E-state index is 13.6. The molecule has 0 aliphatic heterocycles. The Hall–Kier alpha value is -1.20. The molecule has 0 aliphatic carbocycles. The smallest absolute Gasteiger partial charge is 0.380 e. The van der Waals surface area contributed by atoms with Crippen LogP contribution in [0.2, 0.25) is 0 Å². The van der Waals surface area contributed by atoms with E-state index in [0.717, 1.165) is 13.5 Å². The van der Waals surface area contributed by atoms with Gasteiger partial charge in [0.1, 0.15) is 0 Å². The third-order valence-electron chi connectivity index (χ3n) is 3.47. The predicted octanol–water partition coefficient (Wildman–Crippen LogP) is 3.33. The Labute approximate surface area is 118 Å². The fourth-order valence-electron chi connectivity index (χ4n) is 1.52. The van der Waals surface area contributed by atoms with Gasteiger partial charge in [-0.3, -0.25) is 4.79 Å². The van der Waals surface area contributed by atoms with Crippen molar-refractivity contribution in [2.75, 3.05) is 7.11 Å². The highest BCUT2D eigenvalue weighted by atomic mass is 19.3. The first kappa shape index (κ1) is 18.8. The largest absolute Gasteiger partial charge is 0.464 e. The molecule has 0 aromatic carbocycles. The number of rotatable bonds is 8. The summed E-state index contributed by atoms with van der Waals surface area (Å²) < 4.78 is 36.0. The first-order valence-corrected chi connectivity index (χ1v) is 6.76. The Bertz CT molecular complexity index is 340. The zero-order valence-corrected chi connectivity index (χ0v) is 12.8. The summed E-state index contributed by atoms with van der Waals surface area (Å²) in [6.07, 6.45) is -0.481. The Morgan fingerprint density at radius 1 is 1.20 bits per heavy atom. The van der Waals surface area contributed by atoms with Crippen LogP contribution < -0.4 is 0 Å². The van der Waals surface area contributed by atoms with Crippen molar-refractivity contribution in [2.24, 2.45) is 5.41 Å². The van der Waals surface area contributed by atoms with E-state index in [1.807, 2.05) is 20.8 Å². The molecule has 6 heteroatoms. The topological polar surface area (TPSA) is 52.6 Å². The van der Waals surface area contributed by atoms with Crippen molar-refractivity contribution in [2.45, 2.75) is 65.4 Å². The maximum atomic E-state index is 13.6. The van der Waals surface area contributed by atoms with Crippen molar-refractivity contribution in [1.82, 2.24) is 0 Å². The fraction of sp³-hybridized carbons (Fsp3) is 0.857. The molecule has 0 saturated heterocycles. The highest BCUT2D eigenvalue weighted by Gasteiger charge is 2.50. The average molecular weight is 294 g/mol. The molecule has 0 heterocycles. The van der Waals surface area contributed by atoms with Crippen LogP contribution in [-0.4, -0.2) is 31.1 Å². The molecule has 0 aromatic rings. The van der Waals surface area contributed by atoms with Crippen LogP contribution in [0.1, 0.15) is 53.4 Å². The normalized spacial score (nSPS) is 13.8. The van der Waals surface area contributed by atoms with E-state index in [9.17, 15) is 18.4 Å². The van der Waals surface area contributed by atoms with Gasteiger partial charge >= 0.3 is 17.9 Å². The highest BCUT2D eigenvalue weighted by Crippen LogP contribution is 2.28. The van der Waals surface area contributed by atoms with Crippen molar-refractivity contribution in [1.29, 1.82) is 0 Å². The first-order chi connectivity index (χ1) is 9.10. The molecule has 0 fully saturated rings. The van der Waals surface area contributed by atoms with Gasteiger partial charge in [-0.05, 0) is 18.3 Å². The van der Waals surface area contributed by atoms with E-state index >= 15 is 0 Å². The van der Waals surface area contributed by atoms with Gasteiger partial charge in [-0.2, -0.15) is 8.78 Å². The third kappa shape index (κ3) is 5.43. The zero-order valence-electron chi connectivity index (χ0n) is 12.8. The molecule has 1 atom stereocenters. The van der Waals surface area contributed by atoms with Crippen molar-refractivity contribution < 1.29 is 27.8 Å². The summed E-state index contributed by atoms with van der Waals surface area (Å²) in [5, 5.41) is 0. The molecule has 0 N–H and O–H groups in total. The zero-order chi connectivity index (χ0) is 16.0. The number of alkyl halides is 2. The minimum Gasteiger partial charge on any atom is -0.464 e. The van der Waals surface area contributed by atoms with Gasteiger partial charge in [0.2, 0.25) is 0 Å². The molecule has 0 spiro atoms. The number of hydrogen-bond acceptors (Lipinski definition) is 4. The van der Waals surface area contributed by atoms with Crippen molar-refractivity contribution >= 4 is 11.9 Å². The molecular formula is C14H24F2O4. The SMILES string of the molecule is CCC(OC(=O)CCC(C)(C)CC)C(F)(F)C(=O)OC. The van der Waals surface area contributed by atoms with Gasteiger partial charge in [-0.15, -0.1) is 0 Å². The van der Waals surface area contributed by atoms with Crippen molar-refractivity contribution in [3.63, 3.8) is 0 Å². The van der Waals surface area contributed by atoms with Gasteiger partial charge in [0.05, 0.1) is 7.11 Å². The van der Waals surface area contributed by atoms with E-state index < -0.39 is 24.0 Å². The summed E-state index contributed by atoms with van der Waals surface area (Å²) in [6.45, 7) is 7.39. The lowest BCUT2D eigenvalue weighted by Gasteiger charge is -2.25. The molecule has 20 heavy (non-hydrogen) atoms. The lowest BCUT2D eigenvalue weighted by atomic mass is 9.85. The first-order valence-electron chi connectivity index (χ1n) is 6.76. The molecule has 0 bridgehead atoms. The van der Waals surface area contributed by atoms with Crippen LogP contribution in [0.5, 0.6) is 0 Å². The summed E-state index contributed by atoms with van der Waals surface area (Å²) >= 11 is 0. The standard InChI is InChI=1S/C14H24F2O4/c1-6-10(14(15,16)12(18)19-5)20-11(17)8-9-13(3,4)7-2/h10H,6-9H2,1-5H3. The van der Waals surface area contributed by atoms with Crippen LogP contribution >= 0.6 is 0 Å². The van der Waals surface area contributed by atoms with Gasteiger partial charge in [-0.25, -0.2) is 4.79 Å². The Kier molecular flexibility index (Phi) is 7.09. The van der Waals surface area contributed by atoms with E-state index in [0.29, 0.717) is 6.42 Å². The lowest BCUT2D eigenvalue weighted by Crippen LogP contribution is -2.44. The summed E-state index contributed by atoms with van der Waals surface area (Å²) in [4.78, 5) is 22.6. The number of ether oxygens (including phenoxy) is 2. The minimum atomic E-state index is -3.82. The highest BCUT2D eigenvalue weighted by molar-refractivity contribution is 5.79. The van der Waals surface area contributed by atoms with Crippen LogP contribution in [0.3, 0.4) is 0 Å². The quantitative estimate of drug-likeness (QED) is 0.644. The number of halogens is 2. The fourth-order valence-corrected chi connectivity index (χ4v) is 1.52. The van der Waals surface area contributed by atoms with Crippen LogP contribution in [0.4, 0.5) is 8.78 Å². The van der Waals surface area contributed by atoms with Crippen molar-refractivity contribution in [3.8, 4) is 0 Å². The molecular weight excluding hydrogens is 270 g/mol. The van der Waals surface area contributed by atoms with E-state index in [1.54, 1.807) is 0 Å². The summed E-state index contributed by atoms with van der Waals surface area (Å²) in [5.41, 5.74) is -0.0500. The van der Waals surface area contributed by atoms with Crippen LogP contribution in [0, 0.1) is 5.41 Å². The molecule has 1 unspecified atom stereocenters. The van der Waals surface area contributed by atoms with E-state index in [-0.39, 0.29) is 18.3 Å². The number of esters is 2. The minimum absolute atomic E-state index is 0.0500. The molecule has 0 aromatic heterocycles. The molecule has 0 radical (unpaired) electrons. The second-order valence-corrected chi connectivity index (χ2v) is 5.52. The van der Waals surface area contributed by atoms with E-state index in [1.165, 1.54) is 6.92 Å². The van der Waals surface area contributed by atoms with E-state index in [2.05, 4.69) is 4.74 Å². The molecule has 118 valence electrons. The summed E-state index contributed by atoms with van der Waals surface area (Å²) in [6, 6.07) is 0. The monoisotopic (exact) mass is 294 g/mol. The predicted molar refractivity (Wildman–Crippen MR) is 70.4 cm³/mol.